The maximum absolute atomic E-state index is 12.8. The number of thioether (sulfide) groups is 1. The second kappa shape index (κ2) is 9.58. The third-order valence-corrected chi connectivity index (χ3v) is 6.78. The maximum Gasteiger partial charge on any atom is 0.235 e. The number of carbonyl (C=O) groups excluding carboxylic acids is 1. The van der Waals surface area contributed by atoms with Crippen LogP contribution in [0.2, 0.25) is 0 Å². The van der Waals surface area contributed by atoms with Gasteiger partial charge in [0.1, 0.15) is 5.82 Å². The van der Waals surface area contributed by atoms with Crippen LogP contribution < -0.4 is 5.32 Å². The van der Waals surface area contributed by atoms with Gasteiger partial charge in [-0.2, -0.15) is 5.10 Å². The first-order valence-corrected chi connectivity index (χ1v) is 12.1. The number of amides is 1. The van der Waals surface area contributed by atoms with Gasteiger partial charge in [-0.15, -0.1) is 10.2 Å². The molecule has 0 spiro atoms. The number of pyridine rings is 1. The zero-order valence-corrected chi connectivity index (χ0v) is 19.2. The van der Waals surface area contributed by atoms with Gasteiger partial charge in [-0.3, -0.25) is 14.3 Å². The summed E-state index contributed by atoms with van der Waals surface area (Å²) in [5, 5.41) is 16.9. The van der Waals surface area contributed by atoms with Crippen molar-refractivity contribution in [3.63, 3.8) is 0 Å². The molecule has 1 aliphatic rings. The number of hydrogen-bond acceptors (Lipinski definition) is 6. The van der Waals surface area contributed by atoms with Crippen molar-refractivity contribution in [3.8, 4) is 17.1 Å². The van der Waals surface area contributed by atoms with Crippen LogP contribution in [0.15, 0.2) is 66.2 Å². The number of aromatic nitrogens is 6. The third-order valence-electron chi connectivity index (χ3n) is 5.85. The van der Waals surface area contributed by atoms with E-state index in [2.05, 4.69) is 25.6 Å². The quantitative estimate of drug-likeness (QED) is 0.404. The van der Waals surface area contributed by atoms with Crippen molar-refractivity contribution in [3.05, 3.63) is 66.6 Å². The Kier molecular flexibility index (Phi) is 6.21. The van der Waals surface area contributed by atoms with Gasteiger partial charge in [0.25, 0.3) is 0 Å². The molecule has 9 heteroatoms. The van der Waals surface area contributed by atoms with Crippen LogP contribution in [0, 0.1) is 6.92 Å². The number of para-hydroxylation sites is 1. The van der Waals surface area contributed by atoms with Crippen LogP contribution >= 0.6 is 11.8 Å². The highest BCUT2D eigenvalue weighted by atomic mass is 32.2. The molecule has 0 atom stereocenters. The van der Waals surface area contributed by atoms with E-state index in [9.17, 15) is 4.79 Å². The van der Waals surface area contributed by atoms with Crippen molar-refractivity contribution in [1.82, 2.24) is 29.5 Å². The number of anilines is 1. The molecule has 1 aliphatic carbocycles. The van der Waals surface area contributed by atoms with Crippen LogP contribution in [0.3, 0.4) is 0 Å². The Labute approximate surface area is 196 Å². The Balaban J connectivity index is 1.37. The van der Waals surface area contributed by atoms with Gasteiger partial charge < -0.3 is 5.32 Å². The maximum atomic E-state index is 12.8. The van der Waals surface area contributed by atoms with Gasteiger partial charge in [-0.05, 0) is 43.5 Å². The average molecular weight is 460 g/mol. The van der Waals surface area contributed by atoms with E-state index < -0.39 is 0 Å². The molecule has 1 aromatic carbocycles. The zero-order valence-electron chi connectivity index (χ0n) is 18.4. The fourth-order valence-electron chi connectivity index (χ4n) is 4.24. The van der Waals surface area contributed by atoms with E-state index in [1.54, 1.807) is 18.6 Å². The molecule has 3 heterocycles. The molecule has 168 valence electrons. The molecule has 1 fully saturated rings. The summed E-state index contributed by atoms with van der Waals surface area (Å²) in [6, 6.07) is 14.1. The van der Waals surface area contributed by atoms with Gasteiger partial charge >= 0.3 is 0 Å². The molecule has 1 saturated carbocycles. The first-order valence-electron chi connectivity index (χ1n) is 11.1. The van der Waals surface area contributed by atoms with Crippen molar-refractivity contribution in [2.45, 2.75) is 43.8 Å². The number of rotatable bonds is 7. The number of benzene rings is 1. The Bertz CT molecular complexity index is 1240. The monoisotopic (exact) mass is 459 g/mol. The van der Waals surface area contributed by atoms with Gasteiger partial charge in [-0.1, -0.05) is 42.8 Å². The molecule has 0 unspecified atom stereocenters. The van der Waals surface area contributed by atoms with Crippen molar-refractivity contribution in [1.29, 1.82) is 0 Å². The van der Waals surface area contributed by atoms with Crippen LogP contribution in [0.4, 0.5) is 5.82 Å². The van der Waals surface area contributed by atoms with E-state index in [1.165, 1.54) is 24.6 Å². The Morgan fingerprint density at radius 3 is 2.73 bits per heavy atom. The number of aryl methyl sites for hydroxylation is 1. The molecule has 8 nitrogen and oxygen atoms in total. The fraction of sp³-hybridized carbons (Fsp3) is 0.292. The summed E-state index contributed by atoms with van der Waals surface area (Å²) in [6.45, 7) is 2.05. The van der Waals surface area contributed by atoms with E-state index >= 15 is 0 Å². The highest BCUT2D eigenvalue weighted by Gasteiger charge is 2.22. The van der Waals surface area contributed by atoms with Crippen molar-refractivity contribution in [2.75, 3.05) is 11.1 Å². The lowest BCUT2D eigenvalue weighted by Crippen LogP contribution is -2.19. The van der Waals surface area contributed by atoms with Gasteiger partial charge in [0.15, 0.2) is 11.0 Å². The highest BCUT2D eigenvalue weighted by molar-refractivity contribution is 7.99. The first kappa shape index (κ1) is 21.4. The van der Waals surface area contributed by atoms with E-state index in [-0.39, 0.29) is 11.7 Å². The molecule has 5 rings (SSSR count). The normalized spacial score (nSPS) is 14.0. The Hall–Kier alpha value is -3.46. The van der Waals surface area contributed by atoms with Gasteiger partial charge in [-0.25, -0.2) is 4.68 Å². The average Bonchev–Trinajstić information content (AvgIpc) is 3.59. The largest absolute Gasteiger partial charge is 0.310 e. The van der Waals surface area contributed by atoms with E-state index in [4.69, 9.17) is 0 Å². The lowest BCUT2D eigenvalue weighted by molar-refractivity contribution is -0.113. The van der Waals surface area contributed by atoms with Crippen molar-refractivity contribution in [2.24, 2.45) is 0 Å². The topological polar surface area (TPSA) is 90.5 Å². The van der Waals surface area contributed by atoms with Crippen LogP contribution in [-0.4, -0.2) is 41.2 Å². The highest BCUT2D eigenvalue weighted by Crippen LogP contribution is 2.32. The minimum Gasteiger partial charge on any atom is -0.310 e. The number of nitrogens with zero attached hydrogens (tertiary/aromatic N) is 6. The van der Waals surface area contributed by atoms with E-state index in [0.29, 0.717) is 17.0 Å². The van der Waals surface area contributed by atoms with Crippen molar-refractivity contribution < 1.29 is 4.79 Å². The molecule has 3 aromatic heterocycles. The smallest absolute Gasteiger partial charge is 0.235 e. The summed E-state index contributed by atoms with van der Waals surface area (Å²) >= 11 is 1.36. The summed E-state index contributed by atoms with van der Waals surface area (Å²) in [7, 11) is 0. The molecular weight excluding hydrogens is 434 g/mol. The Morgan fingerprint density at radius 2 is 1.94 bits per heavy atom. The molecule has 1 N–H and O–H groups in total. The molecule has 0 saturated heterocycles. The fourth-order valence-corrected chi connectivity index (χ4v) is 4.98. The third kappa shape index (κ3) is 4.54. The first-order chi connectivity index (χ1) is 16.2. The van der Waals surface area contributed by atoms with Gasteiger partial charge in [0.05, 0.1) is 23.7 Å². The summed E-state index contributed by atoms with van der Waals surface area (Å²) < 4.78 is 3.94. The predicted octanol–water partition coefficient (Wildman–Crippen LogP) is 4.68. The molecule has 0 bridgehead atoms. The SMILES string of the molecule is Cc1ccccc1-n1c(SCC(=O)Nc2ccnn2C2CCCC2)nnc1-c1cccnc1. The number of carbonyl (C=O) groups is 1. The number of hydrogen-bond donors (Lipinski definition) is 1. The lowest BCUT2D eigenvalue weighted by atomic mass is 10.2. The van der Waals surface area contributed by atoms with Crippen LogP contribution in [0.25, 0.3) is 17.1 Å². The predicted molar refractivity (Wildman–Crippen MR) is 128 cm³/mol. The molecule has 33 heavy (non-hydrogen) atoms. The van der Waals surface area contributed by atoms with Gasteiger partial charge in [0.2, 0.25) is 5.91 Å². The minimum absolute atomic E-state index is 0.0954. The zero-order chi connectivity index (χ0) is 22.6. The second-order valence-electron chi connectivity index (χ2n) is 8.11. The van der Waals surface area contributed by atoms with Gasteiger partial charge in [0, 0.05) is 24.0 Å². The number of nitrogens with one attached hydrogen (secondary N) is 1. The molecule has 1 amide bonds. The summed E-state index contributed by atoms with van der Waals surface area (Å²) in [4.78, 5) is 17.0. The molecule has 0 aliphatic heterocycles. The molecule has 0 radical (unpaired) electrons. The molecule has 4 aromatic rings. The summed E-state index contributed by atoms with van der Waals surface area (Å²) in [6.07, 6.45) is 9.88. The second-order valence-corrected chi connectivity index (χ2v) is 9.05. The molecular formula is C24H25N7OS. The van der Waals surface area contributed by atoms with Crippen LogP contribution in [0.1, 0.15) is 37.3 Å². The van der Waals surface area contributed by atoms with Crippen molar-refractivity contribution >= 4 is 23.5 Å². The van der Waals surface area contributed by atoms with Crippen LogP contribution in [-0.2, 0) is 4.79 Å². The minimum atomic E-state index is -0.0954. The standard InChI is InChI=1S/C24H25N7OS/c1-17-7-2-5-11-20(17)30-23(18-8-6-13-25-15-18)28-29-24(30)33-16-22(32)27-21-12-14-26-31(21)19-9-3-4-10-19/h2,5-8,11-15,19H,3-4,9-10,16H2,1H3,(H,27,32). The lowest BCUT2D eigenvalue weighted by Gasteiger charge is -2.15. The van der Waals surface area contributed by atoms with Crippen LogP contribution in [0.5, 0.6) is 0 Å². The van der Waals surface area contributed by atoms with E-state index in [1.807, 2.05) is 58.6 Å². The van der Waals surface area contributed by atoms with E-state index in [0.717, 1.165) is 35.5 Å². The summed E-state index contributed by atoms with van der Waals surface area (Å²) in [5.41, 5.74) is 2.93. The Morgan fingerprint density at radius 1 is 1.09 bits per heavy atom. The summed E-state index contributed by atoms with van der Waals surface area (Å²) in [5.74, 6) is 1.57.